The van der Waals surface area contributed by atoms with Crippen molar-refractivity contribution >= 4 is 6.08 Å². The van der Waals surface area contributed by atoms with E-state index in [-0.39, 0.29) is 0 Å². The van der Waals surface area contributed by atoms with E-state index in [9.17, 15) is 0 Å². The largest absolute Gasteiger partial charge is 0.0754 e. The highest BCUT2D eigenvalue weighted by atomic mass is 14.2. The zero-order valence-corrected chi connectivity index (χ0v) is 11.4. The fourth-order valence-corrected chi connectivity index (χ4v) is 2.77. The number of hydrogen-bond acceptors (Lipinski definition) is 0. The summed E-state index contributed by atoms with van der Waals surface area (Å²) >= 11 is 0. The third-order valence-corrected chi connectivity index (χ3v) is 3.79. The lowest BCUT2D eigenvalue weighted by atomic mass is 9.92. The maximum absolute atomic E-state index is 2.27. The predicted molar refractivity (Wildman–Crippen MR) is 82.9 cm³/mol. The third-order valence-electron chi connectivity index (χ3n) is 3.79. The summed E-state index contributed by atoms with van der Waals surface area (Å²) in [5, 5.41) is 0. The van der Waals surface area contributed by atoms with Crippen LogP contribution in [0, 0.1) is 6.42 Å². The van der Waals surface area contributed by atoms with Gasteiger partial charge in [-0.05, 0) is 40.7 Å². The van der Waals surface area contributed by atoms with Crippen molar-refractivity contribution in [3.8, 4) is 11.1 Å². The fourth-order valence-electron chi connectivity index (χ4n) is 2.77. The van der Waals surface area contributed by atoms with Gasteiger partial charge in [-0.3, -0.25) is 0 Å². The molecule has 0 saturated carbocycles. The summed E-state index contributed by atoms with van der Waals surface area (Å²) in [4.78, 5) is 0. The summed E-state index contributed by atoms with van der Waals surface area (Å²) in [5.74, 6) is 0. The van der Waals surface area contributed by atoms with Crippen LogP contribution in [0.4, 0.5) is 0 Å². The number of unbranched alkanes of at least 4 members (excludes halogenated alkanes) is 1. The van der Waals surface area contributed by atoms with Gasteiger partial charge in [0.05, 0.1) is 0 Å². The summed E-state index contributed by atoms with van der Waals surface area (Å²) in [6.45, 7) is 2.25. The zero-order chi connectivity index (χ0) is 13.1. The Labute approximate surface area is 115 Å². The van der Waals surface area contributed by atoms with Crippen LogP contribution in [0.5, 0.6) is 0 Å². The minimum atomic E-state index is 1.17. The molecule has 1 radical (unpaired) electrons. The highest BCUT2D eigenvalue weighted by Gasteiger charge is 2.13. The van der Waals surface area contributed by atoms with E-state index >= 15 is 0 Å². The topological polar surface area (TPSA) is 0 Å². The molecular weight excluding hydrogens is 228 g/mol. The van der Waals surface area contributed by atoms with Crippen LogP contribution >= 0.6 is 0 Å². The van der Waals surface area contributed by atoms with Crippen LogP contribution < -0.4 is 0 Å². The van der Waals surface area contributed by atoms with E-state index in [1.165, 1.54) is 47.1 Å². The van der Waals surface area contributed by atoms with E-state index in [2.05, 4.69) is 68.0 Å². The van der Waals surface area contributed by atoms with Crippen LogP contribution in [0.3, 0.4) is 0 Å². The summed E-state index contributed by atoms with van der Waals surface area (Å²) in [7, 11) is 0. The Morgan fingerprint density at radius 1 is 0.895 bits per heavy atom. The van der Waals surface area contributed by atoms with Crippen LogP contribution in [0.25, 0.3) is 17.2 Å². The van der Waals surface area contributed by atoms with E-state index in [0.29, 0.717) is 0 Å². The van der Waals surface area contributed by atoms with Gasteiger partial charge < -0.3 is 0 Å². The second-order valence-corrected chi connectivity index (χ2v) is 5.09. The van der Waals surface area contributed by atoms with Gasteiger partial charge in [-0.2, -0.15) is 0 Å². The molecule has 0 aromatic heterocycles. The summed E-state index contributed by atoms with van der Waals surface area (Å²) in [6.07, 6.45) is 10.2. The summed E-state index contributed by atoms with van der Waals surface area (Å²) in [6, 6.07) is 15.4. The molecule has 0 fully saturated rings. The molecule has 19 heavy (non-hydrogen) atoms. The number of rotatable bonds is 4. The van der Waals surface area contributed by atoms with Crippen molar-refractivity contribution in [2.24, 2.45) is 0 Å². The Hall–Kier alpha value is -1.82. The minimum absolute atomic E-state index is 1.17. The zero-order valence-electron chi connectivity index (χ0n) is 11.4. The first-order valence-electron chi connectivity index (χ1n) is 7.13. The van der Waals surface area contributed by atoms with Crippen molar-refractivity contribution in [1.82, 2.24) is 0 Å². The van der Waals surface area contributed by atoms with Gasteiger partial charge >= 0.3 is 0 Å². The lowest BCUT2D eigenvalue weighted by Gasteiger charge is -2.13. The van der Waals surface area contributed by atoms with Gasteiger partial charge in [0.25, 0.3) is 0 Å². The monoisotopic (exact) mass is 247 g/mol. The molecule has 2 aromatic rings. The molecule has 95 valence electrons. The highest BCUT2D eigenvalue weighted by Crippen LogP contribution is 2.34. The van der Waals surface area contributed by atoms with Crippen molar-refractivity contribution < 1.29 is 0 Å². The standard InChI is InChI=1S/C19H19/c1-2-3-8-15-9-4-5-12-17(15)19-14-7-11-16-10-6-13-18(16)19/h4-7,9-14H,2-3,8H2,1H3. The molecule has 0 saturated heterocycles. The highest BCUT2D eigenvalue weighted by molar-refractivity contribution is 5.82. The normalized spacial score (nSPS) is 12.7. The SMILES string of the molecule is CCCCc1ccccc1-c1cccc2c1C=C[CH]2. The van der Waals surface area contributed by atoms with Crippen molar-refractivity contribution in [1.29, 1.82) is 0 Å². The van der Waals surface area contributed by atoms with Gasteiger partial charge in [0.2, 0.25) is 0 Å². The average Bonchev–Trinajstić information content (AvgIpc) is 2.94. The number of benzene rings is 2. The first kappa shape index (κ1) is 12.2. The Kier molecular flexibility index (Phi) is 3.50. The van der Waals surface area contributed by atoms with Crippen molar-refractivity contribution in [2.45, 2.75) is 26.2 Å². The average molecular weight is 247 g/mol. The van der Waals surface area contributed by atoms with E-state index in [1.807, 2.05) is 0 Å². The molecule has 3 rings (SSSR count). The van der Waals surface area contributed by atoms with Crippen molar-refractivity contribution in [2.75, 3.05) is 0 Å². The van der Waals surface area contributed by atoms with E-state index < -0.39 is 0 Å². The molecule has 0 spiro atoms. The Morgan fingerprint density at radius 2 is 1.74 bits per heavy atom. The molecule has 0 heteroatoms. The smallest absolute Gasteiger partial charge is 0.0131 e. The molecule has 0 atom stereocenters. The molecule has 0 unspecified atom stereocenters. The van der Waals surface area contributed by atoms with Crippen LogP contribution in [-0.4, -0.2) is 0 Å². The van der Waals surface area contributed by atoms with Gasteiger partial charge in [0, 0.05) is 6.42 Å². The quantitative estimate of drug-likeness (QED) is 0.690. The lowest BCUT2D eigenvalue weighted by Crippen LogP contribution is -1.93. The Bertz CT molecular complexity index is 605. The van der Waals surface area contributed by atoms with Gasteiger partial charge in [-0.25, -0.2) is 0 Å². The molecule has 0 nitrogen and oxygen atoms in total. The molecule has 0 N–H and O–H groups in total. The molecule has 1 aliphatic carbocycles. The van der Waals surface area contributed by atoms with Crippen molar-refractivity contribution in [3.05, 3.63) is 71.7 Å². The third kappa shape index (κ3) is 2.35. The lowest BCUT2D eigenvalue weighted by molar-refractivity contribution is 0.796. The van der Waals surface area contributed by atoms with E-state index in [4.69, 9.17) is 0 Å². The van der Waals surface area contributed by atoms with Gasteiger partial charge in [0.1, 0.15) is 0 Å². The minimum Gasteiger partial charge on any atom is -0.0754 e. The van der Waals surface area contributed by atoms with E-state index in [1.54, 1.807) is 0 Å². The molecule has 0 amide bonds. The number of aryl methyl sites for hydroxylation is 1. The maximum Gasteiger partial charge on any atom is 0.0131 e. The first-order valence-corrected chi connectivity index (χ1v) is 7.13. The Balaban J connectivity index is 2.07. The first-order chi connectivity index (χ1) is 9.40. The summed E-state index contributed by atoms with van der Waals surface area (Å²) in [5.41, 5.74) is 6.94. The van der Waals surface area contributed by atoms with Gasteiger partial charge in [0.15, 0.2) is 0 Å². The molecule has 0 heterocycles. The molecular formula is C19H19. The van der Waals surface area contributed by atoms with E-state index in [0.717, 1.165) is 0 Å². The molecule has 1 aliphatic rings. The maximum atomic E-state index is 2.27. The number of hydrogen-bond donors (Lipinski definition) is 0. The van der Waals surface area contributed by atoms with Crippen LogP contribution in [0.1, 0.15) is 36.5 Å². The fraction of sp³-hybridized carbons (Fsp3) is 0.211. The molecule has 2 aromatic carbocycles. The number of allylic oxidation sites excluding steroid dienone is 1. The summed E-state index contributed by atoms with van der Waals surface area (Å²) < 4.78 is 0. The van der Waals surface area contributed by atoms with Crippen molar-refractivity contribution in [3.63, 3.8) is 0 Å². The molecule has 0 aliphatic heterocycles. The van der Waals surface area contributed by atoms with Gasteiger partial charge in [-0.1, -0.05) is 68.0 Å². The Morgan fingerprint density at radius 3 is 2.63 bits per heavy atom. The van der Waals surface area contributed by atoms with Crippen LogP contribution in [0.15, 0.2) is 48.5 Å². The second kappa shape index (κ2) is 5.44. The predicted octanol–water partition coefficient (Wildman–Crippen LogP) is 5.28. The van der Waals surface area contributed by atoms with Crippen LogP contribution in [-0.2, 0) is 6.42 Å². The second-order valence-electron chi connectivity index (χ2n) is 5.09. The van der Waals surface area contributed by atoms with Gasteiger partial charge in [-0.15, -0.1) is 0 Å². The van der Waals surface area contributed by atoms with Crippen LogP contribution in [0.2, 0.25) is 0 Å². The molecule has 0 bridgehead atoms. The number of fused-ring (bicyclic) bond motifs is 1.